The van der Waals surface area contributed by atoms with Crippen molar-refractivity contribution in [3.05, 3.63) is 100 Å². The third-order valence-electron chi connectivity index (χ3n) is 6.00. The minimum absolute atomic E-state index is 0.252. The lowest BCUT2D eigenvalue weighted by atomic mass is 10.0. The van der Waals surface area contributed by atoms with Gasteiger partial charge in [-0.25, -0.2) is 8.42 Å². The summed E-state index contributed by atoms with van der Waals surface area (Å²) in [7, 11) is -3.45. The van der Waals surface area contributed by atoms with Gasteiger partial charge in [-0.15, -0.1) is 0 Å². The predicted octanol–water partition coefficient (Wildman–Crippen LogP) is 6.12. The maximum Gasteiger partial charge on any atom is 0.249 e. The van der Waals surface area contributed by atoms with Crippen LogP contribution in [0.4, 0.5) is 0 Å². The highest BCUT2D eigenvalue weighted by molar-refractivity contribution is 7.90. The Labute approximate surface area is 212 Å². The minimum Gasteiger partial charge on any atom is -0.366 e. The summed E-state index contributed by atoms with van der Waals surface area (Å²) in [5, 5.41) is 2.40. The van der Waals surface area contributed by atoms with E-state index in [-0.39, 0.29) is 11.4 Å². The first-order valence-corrected chi connectivity index (χ1v) is 13.3. The Bertz CT molecular complexity index is 1760. The molecule has 5 aromatic rings. The number of hydrogen-bond acceptors (Lipinski definition) is 3. The molecule has 1 amide bonds. The molecule has 0 unspecified atom stereocenters. The standard InChI is InChI=1S/C27H19Cl2N2O3S/c1-35(33,34)25-8-3-2-5-17(25)15-31-23-7-4-6-21(27(30)32)26(23)20-11-9-16(13-24(20)31)19-12-10-18(28)14-22(19)29/h2-10,12-14H,15H2,1H3,(H2,30,32). The maximum atomic E-state index is 12.5. The van der Waals surface area contributed by atoms with Gasteiger partial charge in [-0.2, -0.15) is 0 Å². The van der Waals surface area contributed by atoms with Gasteiger partial charge in [0.2, 0.25) is 5.91 Å². The molecule has 0 spiro atoms. The molecule has 175 valence electrons. The minimum atomic E-state index is -3.45. The summed E-state index contributed by atoms with van der Waals surface area (Å²) in [6.45, 7) is 0.261. The van der Waals surface area contributed by atoms with Gasteiger partial charge < -0.3 is 10.3 Å². The van der Waals surface area contributed by atoms with Crippen LogP contribution < -0.4 is 5.73 Å². The van der Waals surface area contributed by atoms with Crippen molar-refractivity contribution in [2.45, 2.75) is 11.4 Å². The Morgan fingerprint density at radius 1 is 1.00 bits per heavy atom. The number of carbonyl (C=O) groups is 1. The monoisotopic (exact) mass is 521 g/mol. The number of amides is 1. The van der Waals surface area contributed by atoms with E-state index in [9.17, 15) is 13.2 Å². The second kappa shape index (κ2) is 8.72. The predicted molar refractivity (Wildman–Crippen MR) is 141 cm³/mol. The molecule has 5 nitrogen and oxygen atoms in total. The molecule has 0 saturated carbocycles. The zero-order valence-corrected chi connectivity index (χ0v) is 20.9. The van der Waals surface area contributed by atoms with E-state index in [1.807, 2.05) is 28.8 Å². The molecule has 0 fully saturated rings. The number of benzene rings is 4. The van der Waals surface area contributed by atoms with Crippen molar-refractivity contribution >= 4 is 60.8 Å². The molecule has 0 aliphatic carbocycles. The molecule has 1 heterocycles. The van der Waals surface area contributed by atoms with Gasteiger partial charge in [-0.1, -0.05) is 53.5 Å². The molecule has 1 aromatic heterocycles. The zero-order valence-electron chi connectivity index (χ0n) is 18.5. The van der Waals surface area contributed by atoms with E-state index in [2.05, 4.69) is 6.07 Å². The van der Waals surface area contributed by atoms with Crippen LogP contribution in [0.25, 0.3) is 32.9 Å². The van der Waals surface area contributed by atoms with Gasteiger partial charge in [0.25, 0.3) is 0 Å². The van der Waals surface area contributed by atoms with Crippen LogP contribution >= 0.6 is 23.2 Å². The lowest BCUT2D eigenvalue weighted by molar-refractivity contribution is 0.100. The molecular weight excluding hydrogens is 503 g/mol. The van der Waals surface area contributed by atoms with E-state index < -0.39 is 15.7 Å². The topological polar surface area (TPSA) is 82.2 Å². The van der Waals surface area contributed by atoms with Gasteiger partial charge in [0, 0.05) is 44.7 Å². The summed E-state index contributed by atoms with van der Waals surface area (Å²) in [6.07, 6.45) is 1.19. The second-order valence-electron chi connectivity index (χ2n) is 8.30. The number of hydrogen-bond donors (Lipinski definition) is 1. The second-order valence-corrected chi connectivity index (χ2v) is 11.1. The van der Waals surface area contributed by atoms with Crippen LogP contribution in [-0.4, -0.2) is 25.1 Å². The Morgan fingerprint density at radius 2 is 1.77 bits per heavy atom. The van der Waals surface area contributed by atoms with Gasteiger partial charge in [0.05, 0.1) is 15.9 Å². The Kier molecular flexibility index (Phi) is 5.83. The van der Waals surface area contributed by atoms with E-state index in [1.165, 1.54) is 6.26 Å². The van der Waals surface area contributed by atoms with E-state index >= 15 is 0 Å². The number of rotatable bonds is 5. The van der Waals surface area contributed by atoms with Crippen LogP contribution in [0.3, 0.4) is 0 Å². The van der Waals surface area contributed by atoms with Crippen molar-refractivity contribution in [1.82, 2.24) is 4.57 Å². The smallest absolute Gasteiger partial charge is 0.249 e. The molecule has 0 atom stereocenters. The normalized spacial score (nSPS) is 11.9. The molecule has 0 aliphatic heterocycles. The van der Waals surface area contributed by atoms with Crippen molar-refractivity contribution in [2.75, 3.05) is 6.26 Å². The summed E-state index contributed by atoms with van der Waals surface area (Å²) in [5.74, 6) is -0.551. The summed E-state index contributed by atoms with van der Waals surface area (Å²) in [6, 6.07) is 24.5. The molecule has 1 radical (unpaired) electrons. The number of halogens is 2. The Hall–Kier alpha value is -3.32. The molecule has 0 aliphatic rings. The van der Waals surface area contributed by atoms with Crippen LogP contribution in [-0.2, 0) is 16.4 Å². The van der Waals surface area contributed by atoms with E-state index in [1.54, 1.807) is 48.5 Å². The lowest BCUT2D eigenvalue weighted by Gasteiger charge is -2.12. The SMILES string of the molecule is CS(=O)(=O)c1ccccc1Cn1c2cc(-c3ccc(Cl)cc3Cl)c[c]c2c2c(C(N)=O)cccc21. The molecule has 8 heteroatoms. The van der Waals surface area contributed by atoms with E-state index in [0.717, 1.165) is 22.2 Å². The van der Waals surface area contributed by atoms with Crippen LogP contribution in [0.1, 0.15) is 15.9 Å². The number of carbonyl (C=O) groups excluding carboxylic acids is 1. The molecule has 0 bridgehead atoms. The number of fused-ring (bicyclic) bond motifs is 3. The number of primary amides is 1. The number of sulfone groups is 1. The molecule has 2 N–H and O–H groups in total. The molecule has 35 heavy (non-hydrogen) atoms. The van der Waals surface area contributed by atoms with Gasteiger partial charge in [-0.3, -0.25) is 4.79 Å². The highest BCUT2D eigenvalue weighted by Crippen LogP contribution is 2.37. The van der Waals surface area contributed by atoms with Crippen LogP contribution in [0.15, 0.2) is 77.7 Å². The third-order valence-corrected chi connectivity index (χ3v) is 7.75. The molecular formula is C27H19Cl2N2O3S. The highest BCUT2D eigenvalue weighted by atomic mass is 35.5. The molecule has 0 saturated heterocycles. The van der Waals surface area contributed by atoms with Gasteiger partial charge in [-0.05, 0) is 59.7 Å². The van der Waals surface area contributed by atoms with Crippen molar-refractivity contribution in [3.63, 3.8) is 0 Å². The Morgan fingerprint density at radius 3 is 2.49 bits per heavy atom. The van der Waals surface area contributed by atoms with Crippen LogP contribution in [0.2, 0.25) is 10.0 Å². The first kappa shape index (κ1) is 23.4. The average molecular weight is 522 g/mol. The summed E-state index contributed by atoms with van der Waals surface area (Å²) < 4.78 is 26.9. The maximum absolute atomic E-state index is 12.5. The lowest BCUT2D eigenvalue weighted by Crippen LogP contribution is -2.11. The van der Waals surface area contributed by atoms with Gasteiger partial charge in [0.15, 0.2) is 9.84 Å². The fourth-order valence-electron chi connectivity index (χ4n) is 4.48. The average Bonchev–Trinajstić information content (AvgIpc) is 3.11. The van der Waals surface area contributed by atoms with Crippen molar-refractivity contribution in [2.24, 2.45) is 5.73 Å². The quantitative estimate of drug-likeness (QED) is 0.302. The number of nitrogens with zero attached hydrogens (tertiary/aromatic N) is 1. The number of aromatic nitrogens is 1. The summed E-state index contributed by atoms with van der Waals surface area (Å²) >= 11 is 12.5. The first-order chi connectivity index (χ1) is 16.6. The zero-order chi connectivity index (χ0) is 24.9. The van der Waals surface area contributed by atoms with E-state index in [0.29, 0.717) is 31.9 Å². The first-order valence-electron chi connectivity index (χ1n) is 10.6. The van der Waals surface area contributed by atoms with Crippen molar-refractivity contribution in [1.29, 1.82) is 0 Å². The fraction of sp³-hybridized carbons (Fsp3) is 0.0741. The largest absolute Gasteiger partial charge is 0.366 e. The van der Waals surface area contributed by atoms with Crippen molar-refractivity contribution < 1.29 is 13.2 Å². The van der Waals surface area contributed by atoms with Crippen LogP contribution in [0.5, 0.6) is 0 Å². The molecule has 5 rings (SSSR count). The highest BCUT2D eigenvalue weighted by Gasteiger charge is 2.20. The summed E-state index contributed by atoms with van der Waals surface area (Å²) in [5.41, 5.74) is 9.79. The fourth-order valence-corrected chi connectivity index (χ4v) is 5.93. The van der Waals surface area contributed by atoms with Crippen LogP contribution in [0, 0.1) is 6.07 Å². The van der Waals surface area contributed by atoms with Gasteiger partial charge >= 0.3 is 0 Å². The number of nitrogens with two attached hydrogens (primary N) is 1. The Balaban J connectivity index is 1.83. The summed E-state index contributed by atoms with van der Waals surface area (Å²) in [4.78, 5) is 12.5. The van der Waals surface area contributed by atoms with Gasteiger partial charge in [0.1, 0.15) is 0 Å². The van der Waals surface area contributed by atoms with Crippen molar-refractivity contribution in [3.8, 4) is 11.1 Å². The van der Waals surface area contributed by atoms with E-state index in [4.69, 9.17) is 28.9 Å². The third kappa shape index (κ3) is 4.18. The molecule has 4 aromatic carbocycles.